The van der Waals surface area contributed by atoms with Crippen molar-refractivity contribution >= 4 is 0 Å². The molecule has 0 saturated heterocycles. The van der Waals surface area contributed by atoms with Gasteiger partial charge < -0.3 is 20.4 Å². The van der Waals surface area contributed by atoms with E-state index in [2.05, 4.69) is 19.9 Å². The fourth-order valence-corrected chi connectivity index (χ4v) is 6.19. The molecule has 1 unspecified atom stereocenters. The van der Waals surface area contributed by atoms with Gasteiger partial charge in [-0.05, 0) is 61.2 Å². The van der Waals surface area contributed by atoms with Gasteiger partial charge in [-0.25, -0.2) is 0 Å². The number of aliphatic hydroxyl groups is 4. The Kier molecular flexibility index (Phi) is 4.66. The van der Waals surface area contributed by atoms with Gasteiger partial charge in [-0.2, -0.15) is 0 Å². The standard InChI is InChI=1S/C20H34O4/c1-18(17(24)11-21)8-6-14-13(10-18)4-5-15-19(14,2)9-7-16(23)20(15,3)12-22/h4,14-17,21-24H,5-12H2,1-3H3/t14-,15+,16+,17?,18+,19+,20-/m1/s1. The molecule has 4 nitrogen and oxygen atoms in total. The highest BCUT2D eigenvalue weighted by Gasteiger charge is 2.58. The molecule has 0 amide bonds. The van der Waals surface area contributed by atoms with Crippen LogP contribution in [0.25, 0.3) is 0 Å². The molecule has 4 heteroatoms. The number of fused-ring (bicyclic) bond motifs is 3. The molecule has 138 valence electrons. The van der Waals surface area contributed by atoms with E-state index >= 15 is 0 Å². The molecule has 0 spiro atoms. The number of rotatable bonds is 3. The molecule has 7 atom stereocenters. The summed E-state index contributed by atoms with van der Waals surface area (Å²) in [6, 6.07) is 0. The second kappa shape index (κ2) is 6.08. The predicted octanol–water partition coefficient (Wildman–Crippen LogP) is 2.25. The Morgan fingerprint density at radius 2 is 1.88 bits per heavy atom. The summed E-state index contributed by atoms with van der Waals surface area (Å²) >= 11 is 0. The van der Waals surface area contributed by atoms with Gasteiger partial charge in [0.1, 0.15) is 0 Å². The van der Waals surface area contributed by atoms with Crippen molar-refractivity contribution in [3.8, 4) is 0 Å². The minimum Gasteiger partial charge on any atom is -0.396 e. The number of aliphatic hydroxyl groups excluding tert-OH is 4. The van der Waals surface area contributed by atoms with Crippen molar-refractivity contribution in [2.75, 3.05) is 13.2 Å². The fraction of sp³-hybridized carbons (Fsp3) is 0.900. The summed E-state index contributed by atoms with van der Waals surface area (Å²) in [5, 5.41) is 40.2. The van der Waals surface area contributed by atoms with Crippen LogP contribution >= 0.6 is 0 Å². The van der Waals surface area contributed by atoms with Crippen molar-refractivity contribution < 1.29 is 20.4 Å². The fourth-order valence-electron chi connectivity index (χ4n) is 6.19. The lowest BCUT2D eigenvalue weighted by Crippen LogP contribution is -2.58. The summed E-state index contributed by atoms with van der Waals surface area (Å²) in [6.07, 6.45) is 6.63. The van der Waals surface area contributed by atoms with Gasteiger partial charge in [0.05, 0.1) is 25.4 Å². The maximum atomic E-state index is 10.5. The Morgan fingerprint density at radius 3 is 2.50 bits per heavy atom. The first kappa shape index (κ1) is 18.4. The van der Waals surface area contributed by atoms with Gasteiger partial charge in [-0.3, -0.25) is 0 Å². The average Bonchev–Trinajstić information content (AvgIpc) is 2.57. The summed E-state index contributed by atoms with van der Waals surface area (Å²) < 4.78 is 0. The zero-order valence-electron chi connectivity index (χ0n) is 15.3. The third kappa shape index (κ3) is 2.49. The van der Waals surface area contributed by atoms with Gasteiger partial charge in [0.15, 0.2) is 0 Å². The lowest BCUT2D eigenvalue weighted by atomic mass is 9.45. The Hall–Kier alpha value is -0.420. The van der Waals surface area contributed by atoms with Crippen molar-refractivity contribution in [3.05, 3.63) is 11.6 Å². The van der Waals surface area contributed by atoms with Crippen LogP contribution in [0, 0.1) is 28.1 Å². The highest BCUT2D eigenvalue weighted by molar-refractivity contribution is 5.24. The molecule has 2 fully saturated rings. The Balaban J connectivity index is 1.92. The second-order valence-electron chi connectivity index (χ2n) is 9.41. The SMILES string of the molecule is C[C@]1(C(O)CO)CC[C@@H]2C(=CC[C@H]3[C@@]2(C)CC[C@H](O)[C@]3(C)CO)C1. The van der Waals surface area contributed by atoms with Gasteiger partial charge in [0, 0.05) is 5.41 Å². The zero-order chi connectivity index (χ0) is 17.8. The van der Waals surface area contributed by atoms with Gasteiger partial charge >= 0.3 is 0 Å². The first-order valence-corrected chi connectivity index (χ1v) is 9.48. The Labute approximate surface area is 145 Å². The maximum Gasteiger partial charge on any atom is 0.0827 e. The molecule has 0 aromatic rings. The molecule has 3 aliphatic carbocycles. The molecule has 2 saturated carbocycles. The van der Waals surface area contributed by atoms with Gasteiger partial charge in [0.25, 0.3) is 0 Å². The molecule has 0 aliphatic heterocycles. The summed E-state index contributed by atoms with van der Waals surface area (Å²) in [5.74, 6) is 0.758. The number of allylic oxidation sites excluding steroid dienone is 2. The van der Waals surface area contributed by atoms with E-state index in [4.69, 9.17) is 0 Å². The van der Waals surface area contributed by atoms with Crippen LogP contribution in [-0.4, -0.2) is 45.8 Å². The zero-order valence-corrected chi connectivity index (χ0v) is 15.3. The van der Waals surface area contributed by atoms with Crippen molar-refractivity contribution in [1.82, 2.24) is 0 Å². The van der Waals surface area contributed by atoms with Gasteiger partial charge in [-0.1, -0.05) is 32.4 Å². The van der Waals surface area contributed by atoms with E-state index in [9.17, 15) is 20.4 Å². The van der Waals surface area contributed by atoms with E-state index < -0.39 is 17.6 Å². The molecule has 0 aromatic carbocycles. The molecule has 0 aromatic heterocycles. The Bertz CT molecular complexity index is 518. The summed E-state index contributed by atoms with van der Waals surface area (Å²) in [4.78, 5) is 0. The highest BCUT2D eigenvalue weighted by atomic mass is 16.3. The van der Waals surface area contributed by atoms with E-state index in [0.29, 0.717) is 11.8 Å². The summed E-state index contributed by atoms with van der Waals surface area (Å²) in [5.41, 5.74) is 0.855. The number of hydrogen-bond acceptors (Lipinski definition) is 4. The maximum absolute atomic E-state index is 10.5. The molecule has 0 radical (unpaired) electrons. The Morgan fingerprint density at radius 1 is 1.17 bits per heavy atom. The monoisotopic (exact) mass is 338 g/mol. The van der Waals surface area contributed by atoms with Crippen LogP contribution < -0.4 is 0 Å². The minimum atomic E-state index is -0.666. The van der Waals surface area contributed by atoms with Gasteiger partial charge in [-0.15, -0.1) is 0 Å². The molecule has 24 heavy (non-hydrogen) atoms. The molecular weight excluding hydrogens is 304 g/mol. The minimum absolute atomic E-state index is 0.0330. The summed E-state index contributed by atoms with van der Waals surface area (Å²) in [7, 11) is 0. The van der Waals surface area contributed by atoms with Crippen LogP contribution in [0.5, 0.6) is 0 Å². The van der Waals surface area contributed by atoms with Crippen molar-refractivity contribution in [2.24, 2.45) is 28.1 Å². The molecule has 3 rings (SSSR count). The lowest BCUT2D eigenvalue weighted by molar-refractivity contribution is -0.150. The predicted molar refractivity (Wildman–Crippen MR) is 93.3 cm³/mol. The normalized spacial score (nSPS) is 49.8. The van der Waals surface area contributed by atoms with Gasteiger partial charge in [0.2, 0.25) is 0 Å². The number of hydrogen-bond donors (Lipinski definition) is 4. The van der Waals surface area contributed by atoms with Crippen LogP contribution in [-0.2, 0) is 0 Å². The largest absolute Gasteiger partial charge is 0.396 e. The molecule has 0 bridgehead atoms. The molecule has 3 aliphatic rings. The van der Waals surface area contributed by atoms with E-state index in [0.717, 1.165) is 38.5 Å². The van der Waals surface area contributed by atoms with Crippen LogP contribution in [0.15, 0.2) is 11.6 Å². The van der Waals surface area contributed by atoms with Crippen LogP contribution in [0.1, 0.15) is 59.3 Å². The third-order valence-electron chi connectivity index (χ3n) is 8.10. The van der Waals surface area contributed by atoms with E-state index in [-0.39, 0.29) is 24.0 Å². The molecule has 4 N–H and O–H groups in total. The molecule has 0 heterocycles. The second-order valence-corrected chi connectivity index (χ2v) is 9.41. The quantitative estimate of drug-likeness (QED) is 0.595. The van der Waals surface area contributed by atoms with Crippen LogP contribution in [0.3, 0.4) is 0 Å². The van der Waals surface area contributed by atoms with Crippen molar-refractivity contribution in [1.29, 1.82) is 0 Å². The van der Waals surface area contributed by atoms with E-state index in [1.165, 1.54) is 5.57 Å². The average molecular weight is 338 g/mol. The smallest absolute Gasteiger partial charge is 0.0827 e. The molecular formula is C20H34O4. The van der Waals surface area contributed by atoms with E-state index in [1.54, 1.807) is 0 Å². The van der Waals surface area contributed by atoms with Crippen LogP contribution in [0.4, 0.5) is 0 Å². The van der Waals surface area contributed by atoms with Crippen molar-refractivity contribution in [3.63, 3.8) is 0 Å². The lowest BCUT2D eigenvalue weighted by Gasteiger charge is -2.61. The first-order valence-electron chi connectivity index (χ1n) is 9.48. The van der Waals surface area contributed by atoms with Crippen molar-refractivity contribution in [2.45, 2.75) is 71.5 Å². The first-order chi connectivity index (χ1) is 11.2. The van der Waals surface area contributed by atoms with E-state index in [1.807, 2.05) is 6.92 Å². The topological polar surface area (TPSA) is 80.9 Å². The highest BCUT2D eigenvalue weighted by Crippen LogP contribution is 2.63. The summed E-state index contributed by atoms with van der Waals surface area (Å²) in [6.45, 7) is 6.33. The third-order valence-corrected chi connectivity index (χ3v) is 8.10. The van der Waals surface area contributed by atoms with Crippen LogP contribution in [0.2, 0.25) is 0 Å².